The Bertz CT molecular complexity index is 758. The fraction of sp³-hybridized carbons (Fsp3) is 0.267. The third-order valence-electron chi connectivity index (χ3n) is 3.23. The predicted molar refractivity (Wildman–Crippen MR) is 84.7 cm³/mol. The molecule has 3 rings (SSSR count). The normalized spacial score (nSPS) is 10.7. The van der Waals surface area contributed by atoms with Crippen LogP contribution in [-0.2, 0) is 12.3 Å². The van der Waals surface area contributed by atoms with E-state index < -0.39 is 0 Å². The highest BCUT2D eigenvalue weighted by molar-refractivity contribution is 7.98. The minimum atomic E-state index is 0.498. The van der Waals surface area contributed by atoms with Gasteiger partial charge in [-0.3, -0.25) is 0 Å². The van der Waals surface area contributed by atoms with Gasteiger partial charge in [0.2, 0.25) is 5.16 Å². The van der Waals surface area contributed by atoms with E-state index in [-0.39, 0.29) is 0 Å². The second-order valence-electron chi connectivity index (χ2n) is 4.66. The molecule has 0 N–H and O–H groups in total. The van der Waals surface area contributed by atoms with Gasteiger partial charge in [0.1, 0.15) is 23.8 Å². The summed E-state index contributed by atoms with van der Waals surface area (Å²) in [6.07, 6.45) is 1.63. The van der Waals surface area contributed by atoms with Gasteiger partial charge in [0.15, 0.2) is 0 Å². The van der Waals surface area contributed by atoms with E-state index >= 15 is 0 Å². The second kappa shape index (κ2) is 7.19. The van der Waals surface area contributed by atoms with Crippen molar-refractivity contribution in [2.45, 2.75) is 17.5 Å². The number of ether oxygens (including phenoxy) is 2. The number of nitrogens with zero attached hydrogens (tertiary/aromatic N) is 4. The molecule has 0 bridgehead atoms. The van der Waals surface area contributed by atoms with Crippen molar-refractivity contribution in [3.8, 4) is 11.5 Å². The molecule has 7 nitrogen and oxygen atoms in total. The van der Waals surface area contributed by atoms with Crippen LogP contribution in [0.15, 0.2) is 46.2 Å². The number of hydrogen-bond acceptors (Lipinski definition) is 7. The van der Waals surface area contributed by atoms with Gasteiger partial charge in [0.05, 0.1) is 20.5 Å². The fourth-order valence-electron chi connectivity index (χ4n) is 2.09. The van der Waals surface area contributed by atoms with Crippen molar-refractivity contribution in [1.82, 2.24) is 20.2 Å². The molecule has 8 heteroatoms. The fourth-order valence-corrected chi connectivity index (χ4v) is 2.94. The van der Waals surface area contributed by atoms with Crippen LogP contribution in [0.25, 0.3) is 0 Å². The molecule has 1 aromatic carbocycles. The number of aromatic nitrogens is 4. The molecule has 0 amide bonds. The SMILES string of the molecule is COc1ccc(OC)c(CSc2nnnn2Cc2ccco2)c1. The molecule has 0 saturated carbocycles. The summed E-state index contributed by atoms with van der Waals surface area (Å²) in [4.78, 5) is 0. The lowest BCUT2D eigenvalue weighted by atomic mass is 10.2. The van der Waals surface area contributed by atoms with Crippen LogP contribution in [0.3, 0.4) is 0 Å². The Hall–Kier alpha value is -2.48. The molecule has 23 heavy (non-hydrogen) atoms. The number of methoxy groups -OCH3 is 2. The average Bonchev–Trinajstić information content (AvgIpc) is 3.25. The molecule has 0 radical (unpaired) electrons. The molecule has 0 spiro atoms. The maximum atomic E-state index is 5.39. The zero-order valence-corrected chi connectivity index (χ0v) is 13.6. The van der Waals surface area contributed by atoms with Crippen LogP contribution >= 0.6 is 11.8 Å². The van der Waals surface area contributed by atoms with E-state index in [1.54, 1.807) is 25.2 Å². The summed E-state index contributed by atoms with van der Waals surface area (Å²) < 4.78 is 17.7. The van der Waals surface area contributed by atoms with E-state index in [1.807, 2.05) is 30.3 Å². The number of hydrogen-bond donors (Lipinski definition) is 0. The van der Waals surface area contributed by atoms with Crippen LogP contribution in [0.4, 0.5) is 0 Å². The van der Waals surface area contributed by atoms with E-state index in [1.165, 1.54) is 11.8 Å². The van der Waals surface area contributed by atoms with E-state index in [2.05, 4.69) is 15.5 Å². The molecule has 3 aromatic rings. The first kappa shape index (κ1) is 15.4. The minimum absolute atomic E-state index is 0.498. The van der Waals surface area contributed by atoms with E-state index in [0.29, 0.717) is 17.5 Å². The Balaban J connectivity index is 1.73. The van der Waals surface area contributed by atoms with E-state index in [4.69, 9.17) is 13.9 Å². The van der Waals surface area contributed by atoms with Crippen LogP contribution in [0, 0.1) is 0 Å². The van der Waals surface area contributed by atoms with Gasteiger partial charge in [-0.25, -0.2) is 4.68 Å². The summed E-state index contributed by atoms with van der Waals surface area (Å²) in [5.41, 5.74) is 1.02. The molecule has 0 unspecified atom stereocenters. The van der Waals surface area contributed by atoms with Crippen molar-refractivity contribution in [2.24, 2.45) is 0 Å². The summed E-state index contributed by atoms with van der Waals surface area (Å²) in [5, 5.41) is 12.5. The minimum Gasteiger partial charge on any atom is -0.497 e. The highest BCUT2D eigenvalue weighted by atomic mass is 32.2. The zero-order valence-electron chi connectivity index (χ0n) is 12.8. The third-order valence-corrected chi connectivity index (χ3v) is 4.24. The van der Waals surface area contributed by atoms with E-state index in [9.17, 15) is 0 Å². The lowest BCUT2D eigenvalue weighted by Gasteiger charge is -2.10. The molecule has 120 valence electrons. The molecule has 0 aliphatic rings. The Kier molecular flexibility index (Phi) is 4.82. The average molecular weight is 332 g/mol. The first-order chi connectivity index (χ1) is 11.3. The molecule has 0 atom stereocenters. The van der Waals surface area contributed by atoms with Crippen LogP contribution in [0.1, 0.15) is 11.3 Å². The van der Waals surface area contributed by atoms with Gasteiger partial charge in [-0.1, -0.05) is 11.8 Å². The Morgan fingerprint density at radius 3 is 2.87 bits per heavy atom. The van der Waals surface area contributed by atoms with Crippen molar-refractivity contribution in [2.75, 3.05) is 14.2 Å². The predicted octanol–water partition coefficient (Wildman–Crippen LogP) is 2.62. The summed E-state index contributed by atoms with van der Waals surface area (Å²) in [6, 6.07) is 9.44. The summed E-state index contributed by atoms with van der Waals surface area (Å²) >= 11 is 1.53. The maximum absolute atomic E-state index is 5.39. The second-order valence-corrected chi connectivity index (χ2v) is 5.61. The van der Waals surface area contributed by atoms with Gasteiger partial charge in [0.25, 0.3) is 0 Å². The molecule has 0 fully saturated rings. The monoisotopic (exact) mass is 332 g/mol. The molecule has 0 aliphatic carbocycles. The van der Waals surface area contributed by atoms with Gasteiger partial charge in [0, 0.05) is 11.3 Å². The van der Waals surface area contributed by atoms with Gasteiger partial charge < -0.3 is 13.9 Å². The smallest absolute Gasteiger partial charge is 0.210 e. The van der Waals surface area contributed by atoms with E-state index in [0.717, 1.165) is 22.8 Å². The van der Waals surface area contributed by atoms with Crippen LogP contribution in [-0.4, -0.2) is 34.4 Å². The Labute approximate surface area is 137 Å². The maximum Gasteiger partial charge on any atom is 0.210 e. The summed E-state index contributed by atoms with van der Waals surface area (Å²) in [6.45, 7) is 0.498. The van der Waals surface area contributed by atoms with Gasteiger partial charge in [-0.15, -0.1) is 5.10 Å². The molecule has 0 saturated heterocycles. The van der Waals surface area contributed by atoms with Crippen LogP contribution in [0.2, 0.25) is 0 Å². The number of rotatable bonds is 7. The Morgan fingerprint density at radius 2 is 2.13 bits per heavy atom. The van der Waals surface area contributed by atoms with Gasteiger partial charge in [-0.05, 0) is 40.8 Å². The Morgan fingerprint density at radius 1 is 1.22 bits per heavy atom. The lowest BCUT2D eigenvalue weighted by molar-refractivity contribution is 0.400. The standard InChI is InChI=1S/C15H16N4O3S/c1-20-12-5-6-14(21-2)11(8-12)10-23-15-16-17-18-19(15)9-13-4-3-7-22-13/h3-8H,9-10H2,1-2H3. The number of benzene rings is 1. The number of thioether (sulfide) groups is 1. The molecule has 2 heterocycles. The highest BCUT2D eigenvalue weighted by Crippen LogP contribution is 2.30. The van der Waals surface area contributed by atoms with Crippen molar-refractivity contribution < 1.29 is 13.9 Å². The third kappa shape index (κ3) is 3.65. The molecular weight excluding hydrogens is 316 g/mol. The van der Waals surface area contributed by atoms with Crippen LogP contribution < -0.4 is 9.47 Å². The molecule has 2 aromatic heterocycles. The van der Waals surface area contributed by atoms with Crippen molar-refractivity contribution in [3.63, 3.8) is 0 Å². The van der Waals surface area contributed by atoms with Crippen molar-refractivity contribution >= 4 is 11.8 Å². The molecular formula is C15H16N4O3S. The van der Waals surface area contributed by atoms with Crippen LogP contribution in [0.5, 0.6) is 11.5 Å². The lowest BCUT2D eigenvalue weighted by Crippen LogP contribution is -2.03. The molecule has 0 aliphatic heterocycles. The topological polar surface area (TPSA) is 75.2 Å². The number of tetrazole rings is 1. The summed E-state index contributed by atoms with van der Waals surface area (Å²) in [7, 11) is 3.29. The highest BCUT2D eigenvalue weighted by Gasteiger charge is 2.11. The number of furan rings is 1. The zero-order chi connectivity index (χ0) is 16.1. The first-order valence-corrected chi connectivity index (χ1v) is 7.91. The quantitative estimate of drug-likeness (QED) is 0.616. The summed E-state index contributed by atoms with van der Waals surface area (Å²) in [5.74, 6) is 3.07. The largest absolute Gasteiger partial charge is 0.497 e. The first-order valence-electron chi connectivity index (χ1n) is 6.92. The van der Waals surface area contributed by atoms with Crippen molar-refractivity contribution in [1.29, 1.82) is 0 Å². The van der Waals surface area contributed by atoms with Gasteiger partial charge >= 0.3 is 0 Å². The van der Waals surface area contributed by atoms with Gasteiger partial charge in [-0.2, -0.15) is 0 Å². The van der Waals surface area contributed by atoms with Crippen molar-refractivity contribution in [3.05, 3.63) is 47.9 Å².